The van der Waals surface area contributed by atoms with Crippen LogP contribution >= 0.6 is 12.1 Å². The van der Waals surface area contributed by atoms with Crippen molar-refractivity contribution in [2.24, 2.45) is 0 Å². The fourth-order valence-electron chi connectivity index (χ4n) is 3.28. The van der Waals surface area contributed by atoms with Crippen LogP contribution in [0.25, 0.3) is 0 Å². The molecule has 1 heterocycles. The van der Waals surface area contributed by atoms with Gasteiger partial charge in [0.1, 0.15) is 6.04 Å². The number of likely N-dealkylation sites (tertiary alicyclic amines) is 1. The lowest BCUT2D eigenvalue weighted by molar-refractivity contribution is -0.122. The molecule has 0 bridgehead atoms. The summed E-state index contributed by atoms with van der Waals surface area (Å²) >= 11 is 0.336. The molecule has 1 saturated heterocycles. The monoisotopic (exact) mass is 338 g/mol. The first-order chi connectivity index (χ1) is 11.1. The molecule has 0 radical (unpaired) electrons. The molecule has 2 rings (SSSR count). The zero-order chi connectivity index (χ0) is 16.8. The van der Waals surface area contributed by atoms with Crippen molar-refractivity contribution >= 4 is 23.7 Å². The van der Waals surface area contributed by atoms with Crippen molar-refractivity contribution in [1.29, 1.82) is 0 Å². The van der Waals surface area contributed by atoms with E-state index in [0.29, 0.717) is 12.1 Å². The summed E-state index contributed by atoms with van der Waals surface area (Å²) in [7, 11) is 0. The fourth-order valence-corrected chi connectivity index (χ4v) is 3.93. The largest absolute Gasteiger partial charge is 0.324 e. The van der Waals surface area contributed by atoms with Crippen LogP contribution in [0.4, 0.5) is 9.57 Å². The van der Waals surface area contributed by atoms with Gasteiger partial charge in [-0.25, -0.2) is 0 Å². The van der Waals surface area contributed by atoms with Crippen molar-refractivity contribution in [1.82, 2.24) is 4.90 Å². The highest BCUT2D eigenvalue weighted by atomic mass is 32.2. The minimum Gasteiger partial charge on any atom is -0.324 e. The average Bonchev–Trinajstić information content (AvgIpc) is 2.55. The van der Waals surface area contributed by atoms with Crippen molar-refractivity contribution in [3.63, 3.8) is 0 Å². The standard InChI is InChI=1S/C18H27FN2OS/c1-4-5-11-21-12-7-10-15(23-19)17(21)18(22)20-16-13(2)8-6-9-14(16)3/h6,8-9,15,17H,4-5,7,10-12H2,1-3H3,(H,20,22). The zero-order valence-corrected chi connectivity index (χ0v) is 15.1. The molecule has 0 spiro atoms. The Bertz CT molecular complexity index is 518. The van der Waals surface area contributed by atoms with Gasteiger partial charge in [-0.05, 0) is 57.3 Å². The molecule has 0 aromatic heterocycles. The Labute approximate surface area is 143 Å². The van der Waals surface area contributed by atoms with E-state index >= 15 is 0 Å². The van der Waals surface area contributed by atoms with E-state index in [2.05, 4.69) is 17.1 Å². The van der Waals surface area contributed by atoms with Crippen molar-refractivity contribution in [2.75, 3.05) is 18.4 Å². The van der Waals surface area contributed by atoms with E-state index in [4.69, 9.17) is 0 Å². The quantitative estimate of drug-likeness (QED) is 0.829. The molecule has 1 aliphatic rings. The Hall–Kier alpha value is -1.07. The van der Waals surface area contributed by atoms with Crippen LogP contribution in [-0.4, -0.2) is 35.2 Å². The number of nitrogens with zero attached hydrogens (tertiary/aromatic N) is 1. The molecule has 1 aliphatic heterocycles. The maximum Gasteiger partial charge on any atom is 0.242 e. The summed E-state index contributed by atoms with van der Waals surface area (Å²) in [5.41, 5.74) is 2.94. The third-order valence-corrected chi connectivity index (χ3v) is 5.31. The van der Waals surface area contributed by atoms with E-state index in [1.54, 1.807) is 0 Å². The maximum atomic E-state index is 13.4. The SMILES string of the molecule is CCCCN1CCCC(SF)C1C(=O)Nc1c(C)cccc1C. The topological polar surface area (TPSA) is 32.3 Å². The molecular weight excluding hydrogens is 311 g/mol. The van der Waals surface area contributed by atoms with Crippen LogP contribution < -0.4 is 5.32 Å². The van der Waals surface area contributed by atoms with Gasteiger partial charge in [-0.3, -0.25) is 9.69 Å². The molecule has 0 saturated carbocycles. The second kappa shape index (κ2) is 8.69. The van der Waals surface area contributed by atoms with E-state index in [1.165, 1.54) is 0 Å². The molecule has 1 N–H and O–H groups in total. The number of hydrogen-bond donors (Lipinski definition) is 1. The molecule has 2 unspecified atom stereocenters. The number of piperidine rings is 1. The predicted molar refractivity (Wildman–Crippen MR) is 96.5 cm³/mol. The maximum absolute atomic E-state index is 13.4. The summed E-state index contributed by atoms with van der Waals surface area (Å²) in [5, 5.41) is 2.79. The number of carbonyl (C=O) groups is 1. The molecular formula is C18H27FN2OS. The Balaban J connectivity index is 2.18. The summed E-state index contributed by atoms with van der Waals surface area (Å²) in [6.07, 6.45) is 3.83. The van der Waals surface area contributed by atoms with Crippen molar-refractivity contribution < 1.29 is 8.68 Å². The van der Waals surface area contributed by atoms with Gasteiger partial charge < -0.3 is 5.32 Å². The van der Waals surface area contributed by atoms with Crippen LogP contribution in [0.2, 0.25) is 0 Å². The second-order valence-corrected chi connectivity index (χ2v) is 7.14. The first-order valence-corrected chi connectivity index (χ1v) is 9.25. The van der Waals surface area contributed by atoms with E-state index in [-0.39, 0.29) is 17.2 Å². The number of unbranched alkanes of at least 4 members (excludes halogenated alkanes) is 1. The number of amides is 1. The van der Waals surface area contributed by atoms with E-state index < -0.39 is 0 Å². The number of para-hydroxylation sites is 1. The molecule has 1 amide bonds. The van der Waals surface area contributed by atoms with Gasteiger partial charge >= 0.3 is 0 Å². The number of halogens is 1. The Morgan fingerprint density at radius 1 is 1.39 bits per heavy atom. The van der Waals surface area contributed by atoms with Crippen LogP contribution in [0.3, 0.4) is 0 Å². The summed E-state index contributed by atoms with van der Waals surface area (Å²) < 4.78 is 13.4. The third kappa shape index (κ3) is 4.48. The van der Waals surface area contributed by atoms with Crippen LogP contribution in [0.1, 0.15) is 43.7 Å². The lowest BCUT2D eigenvalue weighted by atomic mass is 9.99. The molecule has 1 aromatic carbocycles. The summed E-state index contributed by atoms with van der Waals surface area (Å²) in [6.45, 7) is 7.84. The van der Waals surface area contributed by atoms with Crippen molar-refractivity contribution in [2.45, 2.75) is 57.7 Å². The number of rotatable bonds is 6. The summed E-state index contributed by atoms with van der Waals surface area (Å²) in [5.74, 6) is -0.0756. The van der Waals surface area contributed by atoms with Gasteiger partial charge in [-0.1, -0.05) is 31.5 Å². The normalized spacial score (nSPS) is 22.1. The molecule has 1 fully saturated rings. The summed E-state index contributed by atoms with van der Waals surface area (Å²) in [6, 6.07) is 5.57. The number of carbonyl (C=O) groups excluding carboxylic acids is 1. The highest BCUT2D eigenvalue weighted by molar-refractivity contribution is 7.95. The Morgan fingerprint density at radius 3 is 2.70 bits per heavy atom. The highest BCUT2D eigenvalue weighted by Crippen LogP contribution is 2.30. The van der Waals surface area contributed by atoms with Gasteiger partial charge in [0, 0.05) is 17.8 Å². The first-order valence-electron chi connectivity index (χ1n) is 8.47. The number of hydrogen-bond acceptors (Lipinski definition) is 3. The molecule has 3 nitrogen and oxygen atoms in total. The van der Waals surface area contributed by atoms with Gasteiger partial charge in [0.25, 0.3) is 0 Å². The van der Waals surface area contributed by atoms with Gasteiger partial charge in [-0.2, -0.15) is 3.89 Å². The van der Waals surface area contributed by atoms with Crippen LogP contribution in [0.5, 0.6) is 0 Å². The molecule has 23 heavy (non-hydrogen) atoms. The van der Waals surface area contributed by atoms with Gasteiger partial charge in [0.15, 0.2) is 0 Å². The van der Waals surface area contributed by atoms with Crippen molar-refractivity contribution in [3.8, 4) is 0 Å². The zero-order valence-electron chi connectivity index (χ0n) is 14.3. The van der Waals surface area contributed by atoms with E-state index in [1.807, 2.05) is 32.0 Å². The predicted octanol–water partition coefficient (Wildman–Crippen LogP) is 4.49. The lowest BCUT2D eigenvalue weighted by Gasteiger charge is -2.38. The van der Waals surface area contributed by atoms with Gasteiger partial charge in [-0.15, -0.1) is 0 Å². The lowest BCUT2D eigenvalue weighted by Crippen LogP contribution is -2.53. The molecule has 128 valence electrons. The highest BCUT2D eigenvalue weighted by Gasteiger charge is 2.37. The number of benzene rings is 1. The molecule has 5 heteroatoms. The van der Waals surface area contributed by atoms with Crippen LogP contribution in [0, 0.1) is 13.8 Å². The fraction of sp³-hybridized carbons (Fsp3) is 0.611. The van der Waals surface area contributed by atoms with E-state index in [9.17, 15) is 8.68 Å². The minimum atomic E-state index is -0.385. The summed E-state index contributed by atoms with van der Waals surface area (Å²) in [4.78, 5) is 15.0. The second-order valence-electron chi connectivity index (χ2n) is 6.36. The minimum absolute atomic E-state index is 0.0756. The van der Waals surface area contributed by atoms with E-state index in [0.717, 1.165) is 55.6 Å². The van der Waals surface area contributed by atoms with Crippen molar-refractivity contribution in [3.05, 3.63) is 29.3 Å². The molecule has 1 aromatic rings. The number of anilines is 1. The average molecular weight is 338 g/mol. The smallest absolute Gasteiger partial charge is 0.242 e. The number of aryl methyl sites for hydroxylation is 2. The Kier molecular flexibility index (Phi) is 6.90. The van der Waals surface area contributed by atoms with Crippen LogP contribution in [0.15, 0.2) is 18.2 Å². The number of nitrogens with one attached hydrogen (secondary N) is 1. The molecule has 2 atom stereocenters. The van der Waals surface area contributed by atoms with Crippen LogP contribution in [-0.2, 0) is 4.79 Å². The van der Waals surface area contributed by atoms with Gasteiger partial charge in [0.2, 0.25) is 5.91 Å². The molecule has 0 aliphatic carbocycles. The Morgan fingerprint density at radius 2 is 2.09 bits per heavy atom. The third-order valence-electron chi connectivity index (χ3n) is 4.59. The first kappa shape index (κ1) is 18.3. The van der Waals surface area contributed by atoms with Gasteiger partial charge in [0.05, 0.1) is 5.25 Å².